The molecule has 0 amide bonds. The Morgan fingerprint density at radius 3 is 2.03 bits per heavy atom. The summed E-state index contributed by atoms with van der Waals surface area (Å²) < 4.78 is 1.04. The molecule has 3 nitrogen and oxygen atoms in total. The number of thiol groups is 2. The van der Waals surface area contributed by atoms with Crippen molar-refractivity contribution in [2.75, 3.05) is 0 Å². The summed E-state index contributed by atoms with van der Waals surface area (Å²) in [5.74, 6) is -0.492. The molecule has 33 heavy (non-hydrogen) atoms. The molecule has 184 valence electrons. The van der Waals surface area contributed by atoms with Gasteiger partial charge in [0.1, 0.15) is 10.4 Å². The molecule has 1 heterocycles. The Morgan fingerprint density at radius 2 is 1.45 bits per heavy atom. The molecule has 0 spiro atoms. The van der Waals surface area contributed by atoms with Crippen LogP contribution in [0.1, 0.15) is 109 Å². The van der Waals surface area contributed by atoms with Gasteiger partial charge in [-0.25, -0.2) is 4.98 Å². The number of benzene rings is 1. The predicted octanol–water partition coefficient (Wildman–Crippen LogP) is 8.56. The summed E-state index contributed by atoms with van der Waals surface area (Å²) in [6.45, 7) is 4.42. The average Bonchev–Trinajstić information content (AvgIpc) is 3.23. The van der Waals surface area contributed by atoms with E-state index in [1.807, 2.05) is 24.3 Å². The highest BCUT2D eigenvalue weighted by molar-refractivity contribution is 7.97. The minimum absolute atomic E-state index is 0.212. The Kier molecular flexibility index (Phi) is 13.1. The predicted molar refractivity (Wildman–Crippen MR) is 149 cm³/mol. The summed E-state index contributed by atoms with van der Waals surface area (Å²) >= 11 is 10.2. The zero-order chi connectivity index (χ0) is 24.1. The second-order valence-electron chi connectivity index (χ2n) is 9.23. The Bertz CT molecular complexity index is 833. The smallest absolute Gasteiger partial charge is 0.199 e. The van der Waals surface area contributed by atoms with Crippen molar-refractivity contribution >= 4 is 57.0 Å². The SMILES string of the molecule is CCCCCCCCC(C(=O)S)C(CCCCCCCC)(C(=O)S)c1nc2ccccc2s1. The van der Waals surface area contributed by atoms with E-state index in [2.05, 4.69) is 39.1 Å². The second kappa shape index (κ2) is 15.2. The van der Waals surface area contributed by atoms with E-state index in [0.29, 0.717) is 12.8 Å². The number of carbonyl (C=O) groups is 2. The number of para-hydroxylation sites is 1. The normalized spacial score (nSPS) is 14.3. The zero-order valence-electron chi connectivity index (χ0n) is 20.4. The van der Waals surface area contributed by atoms with Crippen LogP contribution in [0.5, 0.6) is 0 Å². The van der Waals surface area contributed by atoms with Gasteiger partial charge >= 0.3 is 0 Å². The fourth-order valence-corrected chi connectivity index (χ4v) is 6.77. The number of thiazole rings is 1. The van der Waals surface area contributed by atoms with Gasteiger partial charge in [-0.15, -0.1) is 36.6 Å². The maximum absolute atomic E-state index is 13.3. The molecule has 6 heteroatoms. The minimum atomic E-state index is -1.00. The highest BCUT2D eigenvalue weighted by Crippen LogP contribution is 2.46. The lowest BCUT2D eigenvalue weighted by Crippen LogP contribution is -2.44. The van der Waals surface area contributed by atoms with Crippen LogP contribution in [-0.4, -0.2) is 15.2 Å². The third-order valence-corrected chi connectivity index (χ3v) is 8.65. The van der Waals surface area contributed by atoms with Crippen molar-refractivity contribution < 1.29 is 9.59 Å². The van der Waals surface area contributed by atoms with Crippen molar-refractivity contribution in [2.45, 2.75) is 109 Å². The first-order valence-electron chi connectivity index (χ1n) is 12.8. The van der Waals surface area contributed by atoms with Gasteiger partial charge in [-0.2, -0.15) is 0 Å². The van der Waals surface area contributed by atoms with Gasteiger partial charge in [0.15, 0.2) is 10.2 Å². The minimum Gasteiger partial charge on any atom is -0.287 e. The van der Waals surface area contributed by atoms with Gasteiger partial charge in [0.05, 0.1) is 10.2 Å². The van der Waals surface area contributed by atoms with E-state index in [-0.39, 0.29) is 10.2 Å². The van der Waals surface area contributed by atoms with Crippen LogP contribution >= 0.6 is 36.6 Å². The van der Waals surface area contributed by atoms with Crippen LogP contribution in [0.4, 0.5) is 0 Å². The summed E-state index contributed by atoms with van der Waals surface area (Å²) in [5.41, 5.74) is -0.121. The van der Waals surface area contributed by atoms with Gasteiger partial charge in [-0.1, -0.05) is 103 Å². The van der Waals surface area contributed by atoms with Crippen molar-refractivity contribution in [2.24, 2.45) is 5.92 Å². The summed E-state index contributed by atoms with van der Waals surface area (Å²) in [7, 11) is 0. The maximum atomic E-state index is 13.3. The van der Waals surface area contributed by atoms with Gasteiger partial charge in [0.2, 0.25) is 0 Å². The molecule has 0 radical (unpaired) electrons. The van der Waals surface area contributed by atoms with Crippen molar-refractivity contribution in [1.29, 1.82) is 0 Å². The average molecular weight is 508 g/mol. The molecule has 0 saturated heterocycles. The molecule has 0 aliphatic heterocycles. The largest absolute Gasteiger partial charge is 0.287 e. The number of hydrogen-bond acceptors (Lipinski definition) is 4. The van der Waals surface area contributed by atoms with Gasteiger partial charge in [-0.3, -0.25) is 9.59 Å². The molecule has 0 saturated carbocycles. The van der Waals surface area contributed by atoms with Crippen LogP contribution in [0.2, 0.25) is 0 Å². The lowest BCUT2D eigenvalue weighted by molar-refractivity contribution is -0.125. The number of carbonyl (C=O) groups excluding carboxylic acids is 2. The third-order valence-electron chi connectivity index (χ3n) is 6.72. The van der Waals surface area contributed by atoms with Gasteiger partial charge in [0.25, 0.3) is 0 Å². The Labute approximate surface area is 215 Å². The number of nitrogens with zero attached hydrogens (tertiary/aromatic N) is 1. The molecule has 2 aromatic rings. The van der Waals surface area contributed by atoms with E-state index in [0.717, 1.165) is 47.3 Å². The molecule has 0 aliphatic rings. The summed E-state index contributed by atoms with van der Waals surface area (Å²) in [4.78, 5) is 31.0. The Hall–Kier alpha value is -0.850. The van der Waals surface area contributed by atoms with Crippen molar-refractivity contribution in [3.63, 3.8) is 0 Å². The quantitative estimate of drug-likeness (QED) is 0.157. The maximum Gasteiger partial charge on any atom is 0.199 e. The molecule has 2 rings (SSSR count). The molecule has 2 atom stereocenters. The van der Waals surface area contributed by atoms with Crippen molar-refractivity contribution in [1.82, 2.24) is 4.98 Å². The molecule has 0 fully saturated rings. The van der Waals surface area contributed by atoms with Gasteiger partial charge in [-0.05, 0) is 25.0 Å². The number of rotatable bonds is 18. The topological polar surface area (TPSA) is 47.0 Å². The van der Waals surface area contributed by atoms with Crippen LogP contribution in [0.25, 0.3) is 10.2 Å². The Balaban J connectivity index is 2.30. The lowest BCUT2D eigenvalue weighted by Gasteiger charge is -2.35. The van der Waals surface area contributed by atoms with Crippen molar-refractivity contribution in [3.8, 4) is 0 Å². The molecule has 1 aromatic heterocycles. The standard InChI is InChI=1S/C27H41NO2S3/c1-3-5-7-9-11-13-17-21(24(29)31)27(26(30)32,20-16-12-10-8-6-4-2)25-28-22-18-14-15-19-23(22)33-25/h14-15,18-19,21H,3-13,16-17,20H2,1-2H3,(H,29,31)(H,30,32). The van der Waals surface area contributed by atoms with Crippen LogP contribution in [0.3, 0.4) is 0 Å². The first-order valence-corrected chi connectivity index (χ1v) is 14.5. The number of fused-ring (bicyclic) bond motifs is 1. The fraction of sp³-hybridized carbons (Fsp3) is 0.667. The number of unbranched alkanes of at least 4 members (excludes halogenated alkanes) is 10. The summed E-state index contributed by atoms with van der Waals surface area (Å²) in [5, 5.41) is 0.278. The molecule has 0 bridgehead atoms. The summed E-state index contributed by atoms with van der Waals surface area (Å²) in [6.07, 6.45) is 14.9. The zero-order valence-corrected chi connectivity index (χ0v) is 23.0. The van der Waals surface area contributed by atoms with Crippen molar-refractivity contribution in [3.05, 3.63) is 29.3 Å². The van der Waals surface area contributed by atoms with Crippen LogP contribution < -0.4 is 0 Å². The van der Waals surface area contributed by atoms with E-state index in [1.165, 1.54) is 56.3 Å². The van der Waals surface area contributed by atoms with E-state index >= 15 is 0 Å². The summed E-state index contributed by atoms with van der Waals surface area (Å²) in [6, 6.07) is 7.94. The van der Waals surface area contributed by atoms with E-state index < -0.39 is 11.3 Å². The third kappa shape index (κ3) is 8.10. The molecule has 0 N–H and O–H groups in total. The number of aromatic nitrogens is 1. The molecular weight excluding hydrogens is 467 g/mol. The molecule has 1 aromatic carbocycles. The molecule has 2 unspecified atom stereocenters. The van der Waals surface area contributed by atoms with Crippen LogP contribution in [-0.2, 0) is 15.0 Å². The first-order chi connectivity index (χ1) is 16.0. The van der Waals surface area contributed by atoms with Crippen LogP contribution in [0.15, 0.2) is 24.3 Å². The second-order valence-corrected chi connectivity index (χ2v) is 11.1. The Morgan fingerprint density at radius 1 is 0.879 bits per heavy atom. The lowest BCUT2D eigenvalue weighted by atomic mass is 9.71. The van der Waals surface area contributed by atoms with Gasteiger partial charge < -0.3 is 0 Å². The number of hydrogen-bond donors (Lipinski definition) is 2. The highest BCUT2D eigenvalue weighted by Gasteiger charge is 2.49. The highest BCUT2D eigenvalue weighted by atomic mass is 32.1. The monoisotopic (exact) mass is 507 g/mol. The first kappa shape index (κ1) is 28.4. The van der Waals surface area contributed by atoms with Gasteiger partial charge in [0, 0.05) is 5.92 Å². The van der Waals surface area contributed by atoms with E-state index in [1.54, 1.807) is 0 Å². The van der Waals surface area contributed by atoms with E-state index in [4.69, 9.17) is 4.98 Å². The fourth-order valence-electron chi connectivity index (χ4n) is 4.73. The molecular formula is C27H41NO2S3. The molecule has 0 aliphatic carbocycles. The van der Waals surface area contributed by atoms with E-state index in [9.17, 15) is 9.59 Å². The van der Waals surface area contributed by atoms with Crippen LogP contribution in [0, 0.1) is 5.92 Å².